The lowest BCUT2D eigenvalue weighted by atomic mass is 9.90. The summed E-state index contributed by atoms with van der Waals surface area (Å²) in [4.78, 5) is 81.0. The van der Waals surface area contributed by atoms with Gasteiger partial charge in [0.25, 0.3) is 0 Å². The Bertz CT molecular complexity index is 2990. The quantitative estimate of drug-likeness (QED) is 0.0977. The number of fused-ring (bicyclic) bond motifs is 5. The number of benzene rings is 2. The van der Waals surface area contributed by atoms with Gasteiger partial charge >= 0.3 is 12.2 Å². The Labute approximate surface area is 397 Å². The molecule has 6 aliphatic rings. The number of hydrogen-bond acceptors (Lipinski definition) is 12. The average molecular weight is 937 g/mol. The number of pyridine rings is 2. The SMILES string of the molecule is COC(=O)NC(C(=O)NC1C2C(Cc3nc4ccc(-c5cnc6cc(-c7ccc8nc(C9CC%10C(C)C%10N9C(=O)C(NC(=O)OC)C9CCOCC9)[nH]c8c7)cnc6c5)cc4[nH]3)C12)C1CCOCC1. The molecule has 358 valence electrons. The third-order valence-corrected chi connectivity index (χ3v) is 16.1. The van der Waals surface area contributed by atoms with E-state index < -0.39 is 24.3 Å². The Morgan fingerprint density at radius 1 is 0.725 bits per heavy atom. The summed E-state index contributed by atoms with van der Waals surface area (Å²) < 4.78 is 20.8. The van der Waals surface area contributed by atoms with Gasteiger partial charge in [0.05, 0.1) is 53.4 Å². The standard InChI is InChI=1S/C51H56N10O8/c1-24-31-20-39(61(46(24)31)49(63)44(60-51(65)67-3)26-10-14-69-15-11-26)47-56-34-7-5-28(17-38(34)57-47)30-19-36-35(53-23-30)18-29(22-52-36)27-4-6-33-37(16-27)55-40(54-33)21-32-41-42(32)45(41)58-48(62)43(59-50(64)66-2)25-8-12-68-13-9-25/h4-7,16-19,22-26,31-32,39,41-46H,8-15,20-21H2,1-3H3,(H,54,55)(H,56,57)(H,58,62)(H,59,64)(H,60,65). The minimum Gasteiger partial charge on any atom is -0.453 e. The van der Waals surface area contributed by atoms with Crippen molar-refractivity contribution in [2.75, 3.05) is 40.6 Å². The maximum Gasteiger partial charge on any atom is 0.407 e. The molecule has 4 amide bonds. The van der Waals surface area contributed by atoms with Crippen LogP contribution in [-0.2, 0) is 35.0 Å². The molecular weight excluding hydrogens is 881 g/mol. The summed E-state index contributed by atoms with van der Waals surface area (Å²) in [6.07, 6.45) is 6.97. The predicted octanol–water partition coefficient (Wildman–Crippen LogP) is 5.83. The van der Waals surface area contributed by atoms with E-state index in [9.17, 15) is 19.2 Å². The van der Waals surface area contributed by atoms with Crippen LogP contribution in [0.5, 0.6) is 0 Å². The fourth-order valence-electron chi connectivity index (χ4n) is 12.0. The monoisotopic (exact) mass is 936 g/mol. The van der Waals surface area contributed by atoms with Crippen LogP contribution in [0.4, 0.5) is 9.59 Å². The maximum atomic E-state index is 14.5. The van der Waals surface area contributed by atoms with Crippen molar-refractivity contribution < 1.29 is 38.1 Å². The number of nitrogens with zero attached hydrogens (tertiary/aromatic N) is 5. The van der Waals surface area contributed by atoms with Gasteiger partial charge in [0.1, 0.15) is 23.7 Å². The molecular formula is C51H56N10O8. The number of nitrogens with one attached hydrogen (secondary N) is 5. The number of aromatic nitrogens is 6. The van der Waals surface area contributed by atoms with Crippen molar-refractivity contribution in [3.8, 4) is 22.3 Å². The zero-order chi connectivity index (χ0) is 47.1. The van der Waals surface area contributed by atoms with Crippen LogP contribution in [0.25, 0.3) is 55.4 Å². The second-order valence-corrected chi connectivity index (χ2v) is 20.0. The summed E-state index contributed by atoms with van der Waals surface area (Å²) in [5.74, 6) is 3.49. The summed E-state index contributed by atoms with van der Waals surface area (Å²) >= 11 is 0. The number of rotatable bonds is 12. The number of piperidine rings is 1. The van der Waals surface area contributed by atoms with Gasteiger partial charge in [-0.2, -0.15) is 0 Å². The highest BCUT2D eigenvalue weighted by Crippen LogP contribution is 2.69. The van der Waals surface area contributed by atoms with Gasteiger partial charge < -0.3 is 49.8 Å². The number of amides is 4. The molecule has 0 radical (unpaired) electrons. The number of methoxy groups -OCH3 is 2. The van der Waals surface area contributed by atoms with Crippen molar-refractivity contribution in [3.63, 3.8) is 0 Å². The molecule has 3 aliphatic carbocycles. The number of carbonyl (C=O) groups is 4. The molecule has 6 fully saturated rings. The van der Waals surface area contributed by atoms with E-state index in [0.717, 1.165) is 79.8 Å². The third kappa shape index (κ3) is 8.10. The van der Waals surface area contributed by atoms with Crippen molar-refractivity contribution in [2.24, 2.45) is 41.4 Å². The first kappa shape index (κ1) is 43.6. The van der Waals surface area contributed by atoms with E-state index in [4.69, 9.17) is 38.9 Å². The van der Waals surface area contributed by atoms with E-state index >= 15 is 0 Å². The van der Waals surface area contributed by atoms with Gasteiger partial charge in [-0.1, -0.05) is 19.1 Å². The Morgan fingerprint density at radius 2 is 1.29 bits per heavy atom. The summed E-state index contributed by atoms with van der Waals surface area (Å²) in [7, 11) is 2.63. The Morgan fingerprint density at radius 3 is 1.90 bits per heavy atom. The molecule has 8 unspecified atom stereocenters. The number of H-pyrrole nitrogens is 2. The normalized spacial score (nSPS) is 27.0. The van der Waals surface area contributed by atoms with Crippen LogP contribution in [0.2, 0.25) is 0 Å². The predicted molar refractivity (Wildman–Crippen MR) is 252 cm³/mol. The van der Waals surface area contributed by atoms with Crippen LogP contribution in [0.1, 0.15) is 56.7 Å². The number of imidazole rings is 2. The lowest BCUT2D eigenvalue weighted by molar-refractivity contribution is -0.138. The number of likely N-dealkylation sites (tertiary alicyclic amines) is 1. The fraction of sp³-hybridized carbons (Fsp3) is 0.490. The Balaban J connectivity index is 0.705. The van der Waals surface area contributed by atoms with E-state index in [-0.39, 0.29) is 41.8 Å². The van der Waals surface area contributed by atoms with Crippen molar-refractivity contribution >= 4 is 57.1 Å². The zero-order valence-corrected chi connectivity index (χ0v) is 38.8. The number of alkyl carbamates (subject to hydrolysis) is 2. The van der Waals surface area contributed by atoms with Crippen LogP contribution >= 0.6 is 0 Å². The molecule has 0 bridgehead atoms. The summed E-state index contributed by atoms with van der Waals surface area (Å²) in [5, 5.41) is 8.82. The van der Waals surface area contributed by atoms with E-state index in [1.165, 1.54) is 14.2 Å². The number of hydrogen-bond donors (Lipinski definition) is 5. The maximum absolute atomic E-state index is 14.5. The minimum absolute atomic E-state index is 0.0126. The van der Waals surface area contributed by atoms with Gasteiger partial charge in [-0.05, 0) is 121 Å². The van der Waals surface area contributed by atoms with Crippen molar-refractivity contribution in [2.45, 2.75) is 75.7 Å². The lowest BCUT2D eigenvalue weighted by Gasteiger charge is -2.35. The second-order valence-electron chi connectivity index (χ2n) is 20.0. The molecule has 69 heavy (non-hydrogen) atoms. The van der Waals surface area contributed by atoms with Crippen LogP contribution in [0, 0.1) is 41.4 Å². The first-order chi connectivity index (χ1) is 33.6. The van der Waals surface area contributed by atoms with Gasteiger partial charge in [0.2, 0.25) is 11.8 Å². The van der Waals surface area contributed by atoms with E-state index in [1.54, 1.807) is 0 Å². The highest BCUT2D eigenvalue weighted by atomic mass is 16.5. The van der Waals surface area contributed by atoms with Gasteiger partial charge in [-0.3, -0.25) is 19.6 Å². The topological polar surface area (TPSA) is 228 Å². The molecule has 12 rings (SSSR count). The summed E-state index contributed by atoms with van der Waals surface area (Å²) in [6, 6.07) is 15.1. The van der Waals surface area contributed by atoms with Crippen LogP contribution < -0.4 is 16.0 Å². The highest BCUT2D eigenvalue weighted by Gasteiger charge is 2.73. The molecule has 4 aromatic heterocycles. The number of carbonyl (C=O) groups excluding carboxylic acids is 4. The minimum atomic E-state index is -0.699. The molecule has 6 aromatic rings. The first-order valence-corrected chi connectivity index (χ1v) is 24.4. The van der Waals surface area contributed by atoms with Crippen LogP contribution in [-0.4, -0.2) is 124 Å². The van der Waals surface area contributed by atoms with E-state index in [2.05, 4.69) is 57.1 Å². The van der Waals surface area contributed by atoms with E-state index in [1.807, 2.05) is 41.6 Å². The fourth-order valence-corrected chi connectivity index (χ4v) is 12.0. The molecule has 3 aliphatic heterocycles. The smallest absolute Gasteiger partial charge is 0.407 e. The van der Waals surface area contributed by atoms with Crippen LogP contribution in [0.3, 0.4) is 0 Å². The van der Waals surface area contributed by atoms with Crippen molar-refractivity contribution in [1.82, 2.24) is 50.8 Å². The van der Waals surface area contributed by atoms with Gasteiger partial charge in [-0.25, -0.2) is 19.6 Å². The van der Waals surface area contributed by atoms with Gasteiger partial charge in [0, 0.05) is 68.5 Å². The molecule has 8 atom stereocenters. The largest absolute Gasteiger partial charge is 0.453 e. The first-order valence-electron chi connectivity index (χ1n) is 24.4. The zero-order valence-electron chi connectivity index (χ0n) is 38.8. The summed E-state index contributed by atoms with van der Waals surface area (Å²) in [5.41, 5.74) is 8.91. The van der Waals surface area contributed by atoms with Gasteiger partial charge in [-0.15, -0.1) is 0 Å². The van der Waals surface area contributed by atoms with Crippen molar-refractivity contribution in [1.29, 1.82) is 0 Å². The van der Waals surface area contributed by atoms with Crippen LogP contribution in [0.15, 0.2) is 60.9 Å². The molecule has 18 heteroatoms. The molecule has 3 saturated carbocycles. The number of aromatic amines is 2. The Hall–Kier alpha value is -6.66. The summed E-state index contributed by atoms with van der Waals surface area (Å²) in [6.45, 7) is 4.46. The van der Waals surface area contributed by atoms with Crippen molar-refractivity contribution in [3.05, 3.63) is 72.6 Å². The molecule has 18 nitrogen and oxygen atoms in total. The second kappa shape index (κ2) is 17.4. The molecule has 3 saturated heterocycles. The number of ether oxygens (including phenoxy) is 4. The van der Waals surface area contributed by atoms with Gasteiger partial charge in [0.15, 0.2) is 0 Å². The van der Waals surface area contributed by atoms with E-state index in [0.29, 0.717) is 81.7 Å². The molecule has 5 N–H and O–H groups in total. The lowest BCUT2D eigenvalue weighted by Crippen LogP contribution is -2.54. The third-order valence-electron chi connectivity index (χ3n) is 16.1. The average Bonchev–Trinajstić information content (AvgIpc) is 4.24. The Kier molecular flexibility index (Phi) is 11.0. The molecule has 7 heterocycles. The highest BCUT2D eigenvalue weighted by molar-refractivity contribution is 5.90. The molecule has 2 aromatic carbocycles. The molecule has 0 spiro atoms.